The minimum Gasteiger partial charge on any atom is -0.397 e. The normalized spacial score (nSPS) is 11.4. The summed E-state index contributed by atoms with van der Waals surface area (Å²) < 4.78 is 0.771. The largest absolute Gasteiger partial charge is 0.397 e. The lowest BCUT2D eigenvalue weighted by Crippen LogP contribution is -2.21. The predicted molar refractivity (Wildman–Crippen MR) is 62.3 cm³/mol. The standard InChI is InChI=1S/C11H14BrNO/c1-11(2,3)10(14)7-5-4-6-8(12)9(7)13/h4-6H,13H2,1-3H3. The molecule has 0 fully saturated rings. The Morgan fingerprint density at radius 3 is 2.43 bits per heavy atom. The van der Waals surface area contributed by atoms with E-state index in [9.17, 15) is 4.79 Å². The van der Waals surface area contributed by atoms with Crippen molar-refractivity contribution in [3.8, 4) is 0 Å². The molecule has 0 aromatic heterocycles. The van der Waals surface area contributed by atoms with Crippen molar-refractivity contribution in [2.75, 3.05) is 5.73 Å². The van der Waals surface area contributed by atoms with Crippen LogP contribution in [-0.2, 0) is 0 Å². The predicted octanol–water partition coefficient (Wildman–Crippen LogP) is 3.26. The van der Waals surface area contributed by atoms with E-state index in [1.807, 2.05) is 32.9 Å². The van der Waals surface area contributed by atoms with Crippen molar-refractivity contribution in [1.29, 1.82) is 0 Å². The van der Waals surface area contributed by atoms with Crippen LogP contribution < -0.4 is 5.73 Å². The van der Waals surface area contributed by atoms with Crippen molar-refractivity contribution < 1.29 is 4.79 Å². The Morgan fingerprint density at radius 1 is 1.36 bits per heavy atom. The Hall–Kier alpha value is -0.830. The zero-order chi connectivity index (χ0) is 10.9. The van der Waals surface area contributed by atoms with Gasteiger partial charge < -0.3 is 5.73 Å². The van der Waals surface area contributed by atoms with Gasteiger partial charge in [0.25, 0.3) is 0 Å². The molecule has 0 saturated heterocycles. The summed E-state index contributed by atoms with van der Waals surface area (Å²) in [4.78, 5) is 11.9. The summed E-state index contributed by atoms with van der Waals surface area (Å²) in [5.74, 6) is 0.0660. The number of halogens is 1. The second-order valence-electron chi connectivity index (χ2n) is 4.28. The van der Waals surface area contributed by atoms with Crippen molar-refractivity contribution in [3.05, 3.63) is 28.2 Å². The number of nitrogen functional groups attached to an aromatic ring is 1. The molecule has 2 N–H and O–H groups in total. The van der Waals surface area contributed by atoms with E-state index in [0.717, 1.165) is 4.47 Å². The zero-order valence-corrected chi connectivity index (χ0v) is 10.2. The number of Topliss-reactive ketones (excluding diaryl/α,β-unsaturated/α-hetero) is 1. The van der Waals surface area contributed by atoms with Crippen LogP contribution in [0.5, 0.6) is 0 Å². The van der Waals surface area contributed by atoms with Crippen LogP contribution in [0.15, 0.2) is 22.7 Å². The molecule has 76 valence electrons. The molecule has 0 aliphatic rings. The summed E-state index contributed by atoms with van der Waals surface area (Å²) in [6.45, 7) is 5.65. The van der Waals surface area contributed by atoms with Crippen LogP contribution in [0.1, 0.15) is 31.1 Å². The molecule has 1 aromatic rings. The fraction of sp³-hybridized carbons (Fsp3) is 0.364. The summed E-state index contributed by atoms with van der Waals surface area (Å²) >= 11 is 3.30. The van der Waals surface area contributed by atoms with Gasteiger partial charge in [0.15, 0.2) is 5.78 Å². The maximum absolute atomic E-state index is 11.9. The minimum atomic E-state index is -0.394. The van der Waals surface area contributed by atoms with Gasteiger partial charge in [-0.05, 0) is 28.1 Å². The van der Waals surface area contributed by atoms with Crippen molar-refractivity contribution in [2.24, 2.45) is 5.41 Å². The molecule has 2 nitrogen and oxygen atoms in total. The molecule has 0 amide bonds. The van der Waals surface area contributed by atoms with E-state index in [-0.39, 0.29) is 5.78 Å². The maximum Gasteiger partial charge on any atom is 0.170 e. The fourth-order valence-electron chi connectivity index (χ4n) is 1.14. The molecule has 0 unspecified atom stereocenters. The molecule has 0 spiro atoms. The van der Waals surface area contributed by atoms with Crippen molar-refractivity contribution in [1.82, 2.24) is 0 Å². The van der Waals surface area contributed by atoms with E-state index in [4.69, 9.17) is 5.73 Å². The Kier molecular flexibility index (Phi) is 3.00. The van der Waals surface area contributed by atoms with E-state index in [1.165, 1.54) is 0 Å². The first-order valence-electron chi connectivity index (χ1n) is 4.43. The number of ketones is 1. The van der Waals surface area contributed by atoms with E-state index in [2.05, 4.69) is 15.9 Å². The molecule has 0 saturated carbocycles. The maximum atomic E-state index is 11.9. The number of anilines is 1. The Bertz CT molecular complexity index is 366. The number of para-hydroxylation sites is 1. The van der Waals surface area contributed by atoms with Gasteiger partial charge in [-0.1, -0.05) is 26.8 Å². The van der Waals surface area contributed by atoms with Crippen LogP contribution in [0, 0.1) is 5.41 Å². The van der Waals surface area contributed by atoms with Gasteiger partial charge in [-0.3, -0.25) is 4.79 Å². The first-order valence-corrected chi connectivity index (χ1v) is 5.22. The highest BCUT2D eigenvalue weighted by atomic mass is 79.9. The highest BCUT2D eigenvalue weighted by Crippen LogP contribution is 2.28. The van der Waals surface area contributed by atoms with Crippen LogP contribution in [0.4, 0.5) is 5.69 Å². The number of carbonyl (C=O) groups is 1. The van der Waals surface area contributed by atoms with Gasteiger partial charge in [0.05, 0.1) is 5.69 Å². The summed E-state index contributed by atoms with van der Waals surface area (Å²) in [6, 6.07) is 5.40. The van der Waals surface area contributed by atoms with Gasteiger partial charge in [-0.2, -0.15) is 0 Å². The van der Waals surface area contributed by atoms with Crippen molar-refractivity contribution in [2.45, 2.75) is 20.8 Å². The molecule has 0 aliphatic heterocycles. The van der Waals surface area contributed by atoms with E-state index in [1.54, 1.807) is 6.07 Å². The molecule has 0 bridgehead atoms. The lowest BCUT2D eigenvalue weighted by Gasteiger charge is -2.18. The Balaban J connectivity index is 3.21. The van der Waals surface area contributed by atoms with E-state index in [0.29, 0.717) is 11.3 Å². The van der Waals surface area contributed by atoms with Crippen molar-refractivity contribution >= 4 is 27.4 Å². The second-order valence-corrected chi connectivity index (χ2v) is 5.13. The number of hydrogen-bond acceptors (Lipinski definition) is 2. The van der Waals surface area contributed by atoms with Crippen LogP contribution in [0.2, 0.25) is 0 Å². The number of carbonyl (C=O) groups excluding carboxylic acids is 1. The third kappa shape index (κ3) is 2.15. The number of benzene rings is 1. The van der Waals surface area contributed by atoms with Gasteiger partial charge >= 0.3 is 0 Å². The van der Waals surface area contributed by atoms with Gasteiger partial charge in [-0.25, -0.2) is 0 Å². The van der Waals surface area contributed by atoms with Gasteiger partial charge in [0.1, 0.15) is 0 Å². The van der Waals surface area contributed by atoms with Gasteiger partial charge in [-0.15, -0.1) is 0 Å². The molecule has 0 heterocycles. The molecule has 14 heavy (non-hydrogen) atoms. The third-order valence-corrected chi connectivity index (χ3v) is 2.67. The molecular formula is C11H14BrNO. The van der Waals surface area contributed by atoms with Crippen LogP contribution in [-0.4, -0.2) is 5.78 Å². The molecule has 0 aliphatic carbocycles. The number of hydrogen-bond donors (Lipinski definition) is 1. The van der Waals surface area contributed by atoms with Crippen LogP contribution in [0.3, 0.4) is 0 Å². The minimum absolute atomic E-state index is 0.0660. The number of nitrogens with two attached hydrogens (primary N) is 1. The smallest absolute Gasteiger partial charge is 0.170 e. The van der Waals surface area contributed by atoms with E-state index >= 15 is 0 Å². The molecule has 0 atom stereocenters. The van der Waals surface area contributed by atoms with Crippen LogP contribution >= 0.6 is 15.9 Å². The average Bonchev–Trinajstić information content (AvgIpc) is 2.07. The average molecular weight is 256 g/mol. The first-order chi connectivity index (χ1) is 6.34. The molecular weight excluding hydrogens is 242 g/mol. The summed E-state index contributed by atoms with van der Waals surface area (Å²) in [5, 5.41) is 0. The van der Waals surface area contributed by atoms with E-state index < -0.39 is 5.41 Å². The topological polar surface area (TPSA) is 43.1 Å². The fourth-order valence-corrected chi connectivity index (χ4v) is 1.51. The van der Waals surface area contributed by atoms with Crippen LogP contribution in [0.25, 0.3) is 0 Å². The van der Waals surface area contributed by atoms with Crippen molar-refractivity contribution in [3.63, 3.8) is 0 Å². The molecule has 1 rings (SSSR count). The SMILES string of the molecule is CC(C)(C)C(=O)c1cccc(Br)c1N. The lowest BCUT2D eigenvalue weighted by molar-refractivity contribution is 0.0859. The number of rotatable bonds is 1. The molecule has 1 aromatic carbocycles. The van der Waals surface area contributed by atoms with Gasteiger partial charge in [0.2, 0.25) is 0 Å². The monoisotopic (exact) mass is 255 g/mol. The summed E-state index contributed by atoms with van der Waals surface area (Å²) in [6.07, 6.45) is 0. The Morgan fingerprint density at radius 2 is 1.93 bits per heavy atom. The molecule has 3 heteroatoms. The summed E-state index contributed by atoms with van der Waals surface area (Å²) in [5.41, 5.74) is 6.53. The lowest BCUT2D eigenvalue weighted by atomic mass is 9.86. The third-order valence-electron chi connectivity index (χ3n) is 1.98. The zero-order valence-electron chi connectivity index (χ0n) is 8.60. The summed E-state index contributed by atoms with van der Waals surface area (Å²) in [7, 11) is 0. The van der Waals surface area contributed by atoms with Gasteiger partial charge in [0, 0.05) is 15.5 Å². The Labute approximate surface area is 92.6 Å². The highest BCUT2D eigenvalue weighted by Gasteiger charge is 2.24. The molecule has 0 radical (unpaired) electrons. The first kappa shape index (κ1) is 11.2. The highest BCUT2D eigenvalue weighted by molar-refractivity contribution is 9.10. The quantitative estimate of drug-likeness (QED) is 0.619. The second kappa shape index (κ2) is 3.73.